The van der Waals surface area contributed by atoms with E-state index in [0.29, 0.717) is 19.3 Å². The van der Waals surface area contributed by atoms with Gasteiger partial charge in [0.25, 0.3) is 0 Å². The van der Waals surface area contributed by atoms with Crippen LogP contribution in [0, 0.1) is 0 Å². The number of hydrogen-bond acceptors (Lipinski definition) is 8. The fourth-order valence-electron chi connectivity index (χ4n) is 4.62. The minimum absolute atomic E-state index is 0.00936. The molecular weight excluding hydrogens is 757 g/mol. The van der Waals surface area contributed by atoms with Crippen molar-refractivity contribution < 1.29 is 47.8 Å². The van der Waals surface area contributed by atoms with Gasteiger partial charge in [0, 0.05) is 12.8 Å². The first-order valence-corrected chi connectivity index (χ1v) is 22.1. The average molecular weight is 828 g/mol. The fourth-order valence-corrected chi connectivity index (χ4v) is 5.39. The largest absolute Gasteiger partial charge is 0.480 e. The Morgan fingerprint density at radius 2 is 0.948 bits per heavy atom. The molecule has 0 aromatic heterocycles. The van der Waals surface area contributed by atoms with E-state index in [4.69, 9.17) is 13.8 Å². The summed E-state index contributed by atoms with van der Waals surface area (Å²) in [6, 6.07) is -1.60. The molecule has 4 N–H and O–H groups in total. The molecule has 324 valence electrons. The minimum atomic E-state index is -4.79. The van der Waals surface area contributed by atoms with Crippen molar-refractivity contribution in [2.24, 2.45) is 0 Å². The van der Waals surface area contributed by atoms with E-state index >= 15 is 0 Å². The third kappa shape index (κ3) is 38.7. The van der Waals surface area contributed by atoms with Crippen LogP contribution in [0.5, 0.6) is 0 Å². The molecule has 1 amide bonds. The summed E-state index contributed by atoms with van der Waals surface area (Å²) in [5, 5.41) is 21.7. The molecule has 0 aliphatic heterocycles. The van der Waals surface area contributed by atoms with Crippen LogP contribution in [0.15, 0.2) is 122 Å². The number of phosphoric ester groups is 1. The number of hydrogen-bond donors (Lipinski definition) is 4. The maximum Gasteiger partial charge on any atom is 0.472 e. The Morgan fingerprint density at radius 3 is 1.38 bits per heavy atom. The van der Waals surface area contributed by atoms with E-state index in [2.05, 4.69) is 122 Å². The fraction of sp³-hybridized carbons (Fsp3) is 0.500. The van der Waals surface area contributed by atoms with Crippen molar-refractivity contribution in [3.63, 3.8) is 0 Å². The number of aliphatic hydroxyl groups is 1. The van der Waals surface area contributed by atoms with Crippen LogP contribution >= 0.6 is 7.82 Å². The number of amides is 1. The lowest BCUT2D eigenvalue weighted by molar-refractivity contribution is -0.147. The van der Waals surface area contributed by atoms with Gasteiger partial charge in [-0.3, -0.25) is 18.6 Å². The predicted octanol–water partition coefficient (Wildman–Crippen LogP) is 10.4. The Balaban J connectivity index is 4.13. The maximum atomic E-state index is 12.3. The lowest BCUT2D eigenvalue weighted by Gasteiger charge is -2.18. The van der Waals surface area contributed by atoms with Crippen LogP contribution in [-0.4, -0.2) is 64.9 Å². The Labute approximate surface area is 348 Å². The van der Waals surface area contributed by atoms with Crippen molar-refractivity contribution in [3.05, 3.63) is 122 Å². The summed E-state index contributed by atoms with van der Waals surface area (Å²) in [4.78, 5) is 45.8. The summed E-state index contributed by atoms with van der Waals surface area (Å²) in [5.74, 6) is -2.56. The lowest BCUT2D eigenvalue weighted by atomic mass is 10.2. The van der Waals surface area contributed by atoms with Crippen LogP contribution in [0.1, 0.15) is 117 Å². The molecule has 0 heterocycles. The number of aliphatic hydroxyl groups excluding tert-OH is 1. The van der Waals surface area contributed by atoms with Crippen molar-refractivity contribution in [3.8, 4) is 0 Å². The molecule has 12 heteroatoms. The normalized spacial score (nSPS) is 15.0. The molecule has 0 saturated heterocycles. The molecule has 11 nitrogen and oxygen atoms in total. The number of carbonyl (C=O) groups excluding carboxylic acids is 2. The van der Waals surface area contributed by atoms with Gasteiger partial charge in [-0.05, 0) is 89.9 Å². The number of nitrogens with one attached hydrogen (secondary N) is 1. The number of allylic oxidation sites excluding steroid dienone is 20. The summed E-state index contributed by atoms with van der Waals surface area (Å²) >= 11 is 0. The zero-order valence-electron chi connectivity index (χ0n) is 34.8. The number of carbonyl (C=O) groups is 3. The number of esters is 1. The summed E-state index contributed by atoms with van der Waals surface area (Å²) in [7, 11) is -4.79. The highest BCUT2D eigenvalue weighted by molar-refractivity contribution is 7.47. The Hall–Kier alpha value is -4.12. The first-order chi connectivity index (χ1) is 28.1. The minimum Gasteiger partial charge on any atom is -0.480 e. The summed E-state index contributed by atoms with van der Waals surface area (Å²) < 4.78 is 26.7. The van der Waals surface area contributed by atoms with E-state index < -0.39 is 57.6 Å². The van der Waals surface area contributed by atoms with E-state index in [1.165, 1.54) is 0 Å². The van der Waals surface area contributed by atoms with Crippen molar-refractivity contribution in [2.45, 2.75) is 129 Å². The van der Waals surface area contributed by atoms with Gasteiger partial charge >= 0.3 is 19.8 Å². The standard InChI is InChI=1S/C46H70NO10P/c1-3-5-7-9-11-13-15-17-19-20-21-22-24-25-27-29-31-33-35-37-44(49)47-43(46(51)52)41-57-58(53,54)56-40-42(48)39-55-45(50)38-36-34-32-30-28-26-23-18-16-14-12-10-8-6-4-2/h5-8,11-14,17-19,21-23,25,27-28,30-31,33,42-43,48H,3-4,9-10,15-16,20,24,26,29,32,34-41H2,1-2H3,(H,47,49)(H,51,52)(H,53,54)/b7-5-,8-6-,13-11-,14-12-,19-17-,22-21-,23-18-,27-25-,30-28-,33-31-. The second-order valence-electron chi connectivity index (χ2n) is 13.1. The number of unbranched alkanes of at least 4 members (excludes halogenated alkanes) is 2. The molecule has 3 unspecified atom stereocenters. The summed E-state index contributed by atoms with van der Waals surface area (Å²) in [6.07, 6.45) is 52.5. The molecule has 58 heavy (non-hydrogen) atoms. The molecule has 0 bridgehead atoms. The van der Waals surface area contributed by atoms with Gasteiger partial charge < -0.3 is 25.2 Å². The van der Waals surface area contributed by atoms with Gasteiger partial charge in [0.1, 0.15) is 12.7 Å². The third-order valence-corrected chi connectivity index (χ3v) is 8.71. The molecule has 0 spiro atoms. The first kappa shape index (κ1) is 53.9. The molecule has 0 aromatic carbocycles. The quantitative estimate of drug-likeness (QED) is 0.0206. The van der Waals surface area contributed by atoms with Crippen molar-refractivity contribution >= 4 is 25.7 Å². The van der Waals surface area contributed by atoms with Crippen LogP contribution in [0.4, 0.5) is 0 Å². The molecular formula is C46H70NO10P. The number of rotatable bonds is 36. The van der Waals surface area contributed by atoms with Crippen LogP contribution in [-0.2, 0) is 32.7 Å². The molecule has 0 rings (SSSR count). The number of carboxylic acid groups (broad SMARTS) is 1. The van der Waals surface area contributed by atoms with Gasteiger partial charge in [-0.15, -0.1) is 0 Å². The zero-order chi connectivity index (χ0) is 42.8. The van der Waals surface area contributed by atoms with Crippen LogP contribution < -0.4 is 5.32 Å². The van der Waals surface area contributed by atoms with Gasteiger partial charge in [-0.2, -0.15) is 0 Å². The summed E-state index contributed by atoms with van der Waals surface area (Å²) in [6.45, 7) is 2.23. The monoisotopic (exact) mass is 827 g/mol. The van der Waals surface area contributed by atoms with Gasteiger partial charge in [0.05, 0.1) is 13.2 Å². The summed E-state index contributed by atoms with van der Waals surface area (Å²) in [5.41, 5.74) is 0. The Bertz CT molecular complexity index is 1440. The van der Waals surface area contributed by atoms with Crippen LogP contribution in [0.25, 0.3) is 0 Å². The topological polar surface area (TPSA) is 169 Å². The highest BCUT2D eigenvalue weighted by Gasteiger charge is 2.28. The molecule has 3 atom stereocenters. The van der Waals surface area contributed by atoms with Crippen LogP contribution in [0.3, 0.4) is 0 Å². The highest BCUT2D eigenvalue weighted by Crippen LogP contribution is 2.43. The van der Waals surface area contributed by atoms with E-state index in [0.717, 1.165) is 70.6 Å². The molecule has 0 aromatic rings. The number of aliphatic carboxylic acids is 1. The van der Waals surface area contributed by atoms with Crippen molar-refractivity contribution in [1.29, 1.82) is 0 Å². The second kappa shape index (κ2) is 39.7. The second-order valence-corrected chi connectivity index (χ2v) is 14.5. The van der Waals surface area contributed by atoms with E-state index in [1.54, 1.807) is 0 Å². The van der Waals surface area contributed by atoms with E-state index in [9.17, 15) is 34.1 Å². The maximum absolute atomic E-state index is 12.3. The van der Waals surface area contributed by atoms with E-state index in [-0.39, 0.29) is 12.8 Å². The molecule has 0 fully saturated rings. The number of carboxylic acids is 1. The number of ether oxygens (including phenoxy) is 1. The van der Waals surface area contributed by atoms with Gasteiger partial charge in [0.15, 0.2) is 6.04 Å². The molecule has 0 radical (unpaired) electrons. The lowest BCUT2D eigenvalue weighted by Crippen LogP contribution is -2.43. The van der Waals surface area contributed by atoms with E-state index in [1.807, 2.05) is 18.2 Å². The first-order valence-electron chi connectivity index (χ1n) is 20.6. The molecule has 0 aliphatic carbocycles. The van der Waals surface area contributed by atoms with Crippen LogP contribution in [0.2, 0.25) is 0 Å². The van der Waals surface area contributed by atoms with Gasteiger partial charge in [-0.1, -0.05) is 135 Å². The SMILES string of the molecule is CC/C=C\C/C=C\C/C=C\C/C=C\C/C=C\C/C=C\CCC(=O)NC(COP(=O)(O)OCC(O)COC(=O)CCCC/C=C\C/C=C\C/C=C\C/C=C\CC)C(=O)O. The molecule has 0 aliphatic rings. The van der Waals surface area contributed by atoms with Gasteiger partial charge in [-0.25, -0.2) is 9.36 Å². The highest BCUT2D eigenvalue weighted by atomic mass is 31.2. The zero-order valence-corrected chi connectivity index (χ0v) is 35.7. The van der Waals surface area contributed by atoms with Crippen molar-refractivity contribution in [2.75, 3.05) is 19.8 Å². The molecule has 0 saturated carbocycles. The third-order valence-electron chi connectivity index (χ3n) is 7.76. The Morgan fingerprint density at radius 1 is 0.552 bits per heavy atom. The predicted molar refractivity (Wildman–Crippen MR) is 235 cm³/mol. The van der Waals surface area contributed by atoms with Gasteiger partial charge in [0.2, 0.25) is 5.91 Å². The van der Waals surface area contributed by atoms with Crippen molar-refractivity contribution in [1.82, 2.24) is 5.32 Å². The smallest absolute Gasteiger partial charge is 0.472 e. The average Bonchev–Trinajstić information content (AvgIpc) is 3.20. The number of phosphoric acid groups is 1. The Kier molecular flexibility index (Phi) is 36.9.